The van der Waals surface area contributed by atoms with E-state index in [1.165, 1.54) is 18.2 Å². The molecule has 6 heteroatoms. The summed E-state index contributed by atoms with van der Waals surface area (Å²) in [6.45, 7) is 0. The summed E-state index contributed by atoms with van der Waals surface area (Å²) in [5.41, 5.74) is 6.76. The Kier molecular flexibility index (Phi) is 4.46. The van der Waals surface area contributed by atoms with Crippen molar-refractivity contribution in [2.75, 3.05) is 10.6 Å². The quantitative estimate of drug-likeness (QED) is 0.763. The summed E-state index contributed by atoms with van der Waals surface area (Å²) in [5.74, 6) is -1.27. The maximum absolute atomic E-state index is 13.9. The van der Waals surface area contributed by atoms with Gasteiger partial charge in [0.2, 0.25) is 11.8 Å². The number of hydrogen-bond donors (Lipinski definition) is 3. The summed E-state index contributed by atoms with van der Waals surface area (Å²) in [6, 6.07) is 12.5. The Morgan fingerprint density at radius 2 is 1.83 bits per heavy atom. The Balaban J connectivity index is 1.80. The fourth-order valence-electron chi connectivity index (χ4n) is 2.42. The van der Waals surface area contributed by atoms with E-state index in [0.29, 0.717) is 11.3 Å². The molecule has 5 nitrogen and oxygen atoms in total. The van der Waals surface area contributed by atoms with Crippen molar-refractivity contribution < 1.29 is 14.0 Å². The highest BCUT2D eigenvalue weighted by Crippen LogP contribution is 2.31. The summed E-state index contributed by atoms with van der Waals surface area (Å²) in [5, 5.41) is 5.57. The van der Waals surface area contributed by atoms with Gasteiger partial charge in [-0.15, -0.1) is 0 Å². The Bertz CT molecular complexity index is 760. The molecule has 4 N–H and O–H groups in total. The normalized spacial score (nSPS) is 14.7. The molecule has 1 saturated carbocycles. The number of hydrogen-bond acceptors (Lipinski definition) is 3. The van der Waals surface area contributed by atoms with Crippen LogP contribution in [0.2, 0.25) is 0 Å². The molecule has 124 valence electrons. The molecular weight excluding hydrogens is 309 g/mol. The number of halogens is 1. The molecule has 0 aromatic heterocycles. The van der Waals surface area contributed by atoms with E-state index in [9.17, 15) is 14.0 Å². The van der Waals surface area contributed by atoms with Gasteiger partial charge in [-0.25, -0.2) is 4.39 Å². The molecule has 0 heterocycles. The standard InChI is InChI=1S/C18H18FN3O2/c19-14-9-8-13(10-15(14)22-18(24)12-6-7-12)21-16(17(20)23)11-4-2-1-3-5-11/h1-5,8-10,12,16,21H,6-7H2,(H2,20,23)(H,22,24)/t16-/m0/s1. The maximum atomic E-state index is 13.9. The topological polar surface area (TPSA) is 84.2 Å². The second kappa shape index (κ2) is 6.70. The SMILES string of the molecule is NC(=O)[C@@H](Nc1ccc(F)c(NC(=O)C2CC2)c1)c1ccccc1. The number of nitrogens with two attached hydrogens (primary N) is 1. The van der Waals surface area contributed by atoms with Crippen molar-refractivity contribution in [3.63, 3.8) is 0 Å². The number of primary amides is 1. The lowest BCUT2D eigenvalue weighted by Crippen LogP contribution is -2.27. The van der Waals surface area contributed by atoms with Crippen LogP contribution < -0.4 is 16.4 Å². The Morgan fingerprint density at radius 1 is 1.12 bits per heavy atom. The van der Waals surface area contributed by atoms with Gasteiger partial charge in [-0.1, -0.05) is 30.3 Å². The maximum Gasteiger partial charge on any atom is 0.244 e. The Hall–Kier alpha value is -2.89. The van der Waals surface area contributed by atoms with Crippen LogP contribution in [-0.4, -0.2) is 11.8 Å². The first-order valence-corrected chi connectivity index (χ1v) is 7.76. The summed E-state index contributed by atoms with van der Waals surface area (Å²) in [6.07, 6.45) is 1.67. The summed E-state index contributed by atoms with van der Waals surface area (Å²) in [4.78, 5) is 23.6. The van der Waals surface area contributed by atoms with Crippen LogP contribution in [0.5, 0.6) is 0 Å². The first-order chi connectivity index (χ1) is 11.5. The van der Waals surface area contributed by atoms with Gasteiger partial charge in [-0.05, 0) is 36.6 Å². The molecule has 24 heavy (non-hydrogen) atoms. The van der Waals surface area contributed by atoms with Crippen LogP contribution in [0, 0.1) is 11.7 Å². The van der Waals surface area contributed by atoms with Crippen molar-refractivity contribution in [2.45, 2.75) is 18.9 Å². The first kappa shape index (κ1) is 16.0. The highest BCUT2D eigenvalue weighted by molar-refractivity contribution is 5.94. The van der Waals surface area contributed by atoms with E-state index >= 15 is 0 Å². The molecule has 0 saturated heterocycles. The van der Waals surface area contributed by atoms with E-state index in [4.69, 9.17) is 5.73 Å². The van der Waals surface area contributed by atoms with E-state index in [0.717, 1.165) is 12.8 Å². The van der Waals surface area contributed by atoms with Gasteiger partial charge in [0.05, 0.1) is 5.69 Å². The van der Waals surface area contributed by atoms with Crippen molar-refractivity contribution in [3.05, 3.63) is 59.9 Å². The van der Waals surface area contributed by atoms with Crippen LogP contribution in [0.25, 0.3) is 0 Å². The molecule has 3 rings (SSSR count). The minimum atomic E-state index is -0.747. The zero-order chi connectivity index (χ0) is 17.1. The lowest BCUT2D eigenvalue weighted by Gasteiger charge is -2.18. The van der Waals surface area contributed by atoms with Crippen LogP contribution >= 0.6 is 0 Å². The minimum Gasteiger partial charge on any atom is -0.370 e. The van der Waals surface area contributed by atoms with Gasteiger partial charge in [0.25, 0.3) is 0 Å². The zero-order valence-corrected chi connectivity index (χ0v) is 13.0. The Labute approximate surface area is 139 Å². The predicted molar refractivity (Wildman–Crippen MR) is 89.8 cm³/mol. The molecule has 0 aliphatic heterocycles. The van der Waals surface area contributed by atoms with Crippen LogP contribution in [0.1, 0.15) is 24.4 Å². The van der Waals surface area contributed by atoms with Gasteiger partial charge in [-0.3, -0.25) is 9.59 Å². The average Bonchev–Trinajstić information content (AvgIpc) is 3.41. The molecular formula is C18H18FN3O2. The average molecular weight is 327 g/mol. The number of amides is 2. The van der Waals surface area contributed by atoms with Crippen molar-refractivity contribution in [2.24, 2.45) is 11.7 Å². The first-order valence-electron chi connectivity index (χ1n) is 7.76. The van der Waals surface area contributed by atoms with Gasteiger partial charge < -0.3 is 16.4 Å². The molecule has 2 amide bonds. The molecule has 1 aliphatic rings. The third-order valence-electron chi connectivity index (χ3n) is 3.90. The van der Waals surface area contributed by atoms with E-state index < -0.39 is 17.8 Å². The fraction of sp³-hybridized carbons (Fsp3) is 0.222. The number of carbonyl (C=O) groups is 2. The third-order valence-corrected chi connectivity index (χ3v) is 3.90. The monoisotopic (exact) mass is 327 g/mol. The number of nitrogens with one attached hydrogen (secondary N) is 2. The van der Waals surface area contributed by atoms with Crippen LogP contribution in [-0.2, 0) is 9.59 Å². The van der Waals surface area contributed by atoms with Crippen LogP contribution in [0.4, 0.5) is 15.8 Å². The Morgan fingerprint density at radius 3 is 2.46 bits per heavy atom. The van der Waals surface area contributed by atoms with Crippen LogP contribution in [0.15, 0.2) is 48.5 Å². The number of rotatable bonds is 6. The van der Waals surface area contributed by atoms with Crippen molar-refractivity contribution >= 4 is 23.2 Å². The highest BCUT2D eigenvalue weighted by atomic mass is 19.1. The summed E-state index contributed by atoms with van der Waals surface area (Å²) >= 11 is 0. The zero-order valence-electron chi connectivity index (χ0n) is 13.0. The van der Waals surface area contributed by atoms with E-state index in [-0.39, 0.29) is 17.5 Å². The molecule has 1 atom stereocenters. The van der Waals surface area contributed by atoms with Crippen molar-refractivity contribution in [1.29, 1.82) is 0 Å². The van der Waals surface area contributed by atoms with E-state index in [1.807, 2.05) is 6.07 Å². The summed E-state index contributed by atoms with van der Waals surface area (Å²) < 4.78 is 13.9. The third kappa shape index (κ3) is 3.71. The van der Waals surface area contributed by atoms with E-state index in [2.05, 4.69) is 10.6 Å². The fourth-order valence-corrected chi connectivity index (χ4v) is 2.42. The molecule has 2 aromatic carbocycles. The minimum absolute atomic E-state index is 0.0243. The van der Waals surface area contributed by atoms with E-state index in [1.54, 1.807) is 24.3 Å². The highest BCUT2D eigenvalue weighted by Gasteiger charge is 2.30. The smallest absolute Gasteiger partial charge is 0.244 e. The molecule has 0 bridgehead atoms. The molecule has 0 radical (unpaired) electrons. The molecule has 2 aromatic rings. The van der Waals surface area contributed by atoms with Gasteiger partial charge in [0.15, 0.2) is 0 Å². The molecule has 1 fully saturated rings. The van der Waals surface area contributed by atoms with Gasteiger partial charge in [0.1, 0.15) is 11.9 Å². The molecule has 0 unspecified atom stereocenters. The van der Waals surface area contributed by atoms with Gasteiger partial charge in [-0.2, -0.15) is 0 Å². The molecule has 0 spiro atoms. The van der Waals surface area contributed by atoms with Gasteiger partial charge in [0, 0.05) is 11.6 Å². The molecule has 1 aliphatic carbocycles. The van der Waals surface area contributed by atoms with Crippen molar-refractivity contribution in [3.8, 4) is 0 Å². The number of benzene rings is 2. The number of anilines is 2. The second-order valence-corrected chi connectivity index (χ2v) is 5.85. The van der Waals surface area contributed by atoms with Crippen LogP contribution in [0.3, 0.4) is 0 Å². The predicted octanol–water partition coefficient (Wildman–Crippen LogP) is 2.81. The lowest BCUT2D eigenvalue weighted by atomic mass is 10.1. The second-order valence-electron chi connectivity index (χ2n) is 5.85. The number of carbonyl (C=O) groups excluding carboxylic acids is 2. The van der Waals surface area contributed by atoms with Crippen molar-refractivity contribution in [1.82, 2.24) is 0 Å². The lowest BCUT2D eigenvalue weighted by molar-refractivity contribution is -0.119. The van der Waals surface area contributed by atoms with Gasteiger partial charge >= 0.3 is 0 Å². The summed E-state index contributed by atoms with van der Waals surface area (Å²) in [7, 11) is 0. The largest absolute Gasteiger partial charge is 0.370 e.